The third-order valence-electron chi connectivity index (χ3n) is 5.99. The van der Waals surface area contributed by atoms with Gasteiger partial charge in [0.2, 0.25) is 0 Å². The fraction of sp³-hybridized carbons (Fsp3) is 0.480. The van der Waals surface area contributed by atoms with Crippen LogP contribution in [-0.4, -0.2) is 30.6 Å². The van der Waals surface area contributed by atoms with E-state index < -0.39 is 6.10 Å². The van der Waals surface area contributed by atoms with Crippen molar-refractivity contribution in [3.05, 3.63) is 63.4 Å². The number of aliphatic hydroxyl groups is 1. The average Bonchev–Trinajstić information content (AvgIpc) is 2.79. The highest BCUT2D eigenvalue weighted by molar-refractivity contribution is 9.10. The van der Waals surface area contributed by atoms with Crippen molar-refractivity contribution in [1.29, 1.82) is 0 Å². The molecule has 3 rings (SSSR count). The summed E-state index contributed by atoms with van der Waals surface area (Å²) >= 11 is 3.63. The predicted molar refractivity (Wildman–Crippen MR) is 126 cm³/mol. The minimum atomic E-state index is -0.861. The third-order valence-corrected chi connectivity index (χ3v) is 6.65. The number of hydrogen-bond donors (Lipinski definition) is 1. The normalized spacial score (nSPS) is 15.5. The Morgan fingerprint density at radius 2 is 1.90 bits per heavy atom. The largest absolute Gasteiger partial charge is 0.489 e. The summed E-state index contributed by atoms with van der Waals surface area (Å²) in [6.07, 6.45) is 6.69. The van der Waals surface area contributed by atoms with Crippen molar-refractivity contribution in [2.24, 2.45) is 0 Å². The van der Waals surface area contributed by atoms with Crippen LogP contribution in [0.4, 0.5) is 0 Å². The molecule has 1 N–H and O–H groups in total. The first kappa shape index (κ1) is 23.8. The van der Waals surface area contributed by atoms with Gasteiger partial charge in [0.25, 0.3) is 0 Å². The maximum absolute atomic E-state index is 11.3. The van der Waals surface area contributed by atoms with Gasteiger partial charge in [-0.25, -0.2) is 0 Å². The lowest BCUT2D eigenvalue weighted by Gasteiger charge is -2.25. The second-order valence-electron chi connectivity index (χ2n) is 8.03. The van der Waals surface area contributed by atoms with Gasteiger partial charge in [0.05, 0.1) is 11.4 Å². The summed E-state index contributed by atoms with van der Waals surface area (Å²) in [6, 6.07) is 5.65. The molecular weight excluding hydrogens is 458 g/mol. The van der Waals surface area contributed by atoms with Gasteiger partial charge in [-0.15, -0.1) is 0 Å². The Morgan fingerprint density at radius 3 is 2.58 bits per heavy atom. The summed E-state index contributed by atoms with van der Waals surface area (Å²) in [5.74, 6) is 1.86. The van der Waals surface area contributed by atoms with Crippen molar-refractivity contribution in [2.75, 3.05) is 20.5 Å². The highest BCUT2D eigenvalue weighted by Gasteiger charge is 2.25. The molecule has 1 fully saturated rings. The van der Waals surface area contributed by atoms with Crippen LogP contribution in [0.2, 0.25) is 0 Å². The van der Waals surface area contributed by atoms with Gasteiger partial charge in [0.1, 0.15) is 24.2 Å². The second kappa shape index (κ2) is 11.1. The zero-order valence-corrected chi connectivity index (χ0v) is 20.2. The van der Waals surface area contributed by atoms with Crippen LogP contribution in [0.5, 0.6) is 11.5 Å². The van der Waals surface area contributed by atoms with Crippen LogP contribution in [0.15, 0.2) is 35.3 Å². The lowest BCUT2D eigenvalue weighted by atomic mass is 9.86. The number of aromatic nitrogens is 1. The number of aliphatic hydroxyl groups excluding tert-OH is 1. The number of ether oxygens (including phenoxy) is 3. The first-order valence-electron chi connectivity index (χ1n) is 10.8. The van der Waals surface area contributed by atoms with E-state index in [-0.39, 0.29) is 6.79 Å². The van der Waals surface area contributed by atoms with Crippen LogP contribution in [0.25, 0.3) is 0 Å². The van der Waals surface area contributed by atoms with E-state index >= 15 is 0 Å². The van der Waals surface area contributed by atoms with Crippen molar-refractivity contribution < 1.29 is 19.3 Å². The van der Waals surface area contributed by atoms with E-state index in [1.54, 1.807) is 13.2 Å². The molecule has 31 heavy (non-hydrogen) atoms. The number of hydrogen-bond acceptors (Lipinski definition) is 5. The summed E-state index contributed by atoms with van der Waals surface area (Å²) in [7, 11) is 1.61. The molecule has 2 aromatic rings. The number of pyridine rings is 1. The maximum Gasteiger partial charge on any atom is 0.188 e. The van der Waals surface area contributed by atoms with Gasteiger partial charge in [-0.05, 0) is 56.0 Å². The fourth-order valence-corrected chi connectivity index (χ4v) is 4.91. The van der Waals surface area contributed by atoms with Gasteiger partial charge in [0.15, 0.2) is 6.79 Å². The van der Waals surface area contributed by atoms with E-state index in [0.717, 1.165) is 51.2 Å². The van der Waals surface area contributed by atoms with E-state index in [1.807, 2.05) is 32.0 Å². The summed E-state index contributed by atoms with van der Waals surface area (Å²) in [5, 5.41) is 11.3. The Hall–Kier alpha value is -1.89. The molecule has 5 nitrogen and oxygen atoms in total. The van der Waals surface area contributed by atoms with Gasteiger partial charge >= 0.3 is 0 Å². The molecule has 0 radical (unpaired) electrons. The highest BCUT2D eigenvalue weighted by atomic mass is 79.9. The number of rotatable bonds is 9. The number of halogens is 1. The topological polar surface area (TPSA) is 60.8 Å². The zero-order valence-electron chi connectivity index (χ0n) is 18.6. The quantitative estimate of drug-likeness (QED) is 0.338. The lowest BCUT2D eigenvalue weighted by Crippen LogP contribution is -2.14. The van der Waals surface area contributed by atoms with Crippen LogP contribution < -0.4 is 9.47 Å². The molecule has 1 aliphatic carbocycles. The van der Waals surface area contributed by atoms with Crippen LogP contribution in [0.1, 0.15) is 72.2 Å². The molecule has 168 valence electrons. The maximum atomic E-state index is 11.3. The van der Waals surface area contributed by atoms with Gasteiger partial charge < -0.3 is 19.3 Å². The molecule has 0 amide bonds. The molecule has 0 saturated heterocycles. The molecule has 1 atom stereocenters. The first-order chi connectivity index (χ1) is 15.0. The fourth-order valence-electron chi connectivity index (χ4n) is 4.19. The van der Waals surface area contributed by atoms with E-state index in [0.29, 0.717) is 18.2 Å². The molecule has 0 spiro atoms. The Morgan fingerprint density at radius 1 is 1.16 bits per heavy atom. The van der Waals surface area contributed by atoms with E-state index in [1.165, 1.54) is 19.3 Å². The zero-order chi connectivity index (χ0) is 22.4. The highest BCUT2D eigenvalue weighted by Crippen LogP contribution is 2.40. The number of methoxy groups -OCH3 is 1. The molecule has 6 heteroatoms. The van der Waals surface area contributed by atoms with Gasteiger partial charge in [-0.2, -0.15) is 0 Å². The van der Waals surface area contributed by atoms with Crippen molar-refractivity contribution in [2.45, 2.75) is 58.0 Å². The van der Waals surface area contributed by atoms with Crippen molar-refractivity contribution in [3.8, 4) is 11.5 Å². The van der Waals surface area contributed by atoms with Crippen LogP contribution in [0, 0.1) is 13.8 Å². The van der Waals surface area contributed by atoms with Gasteiger partial charge in [0, 0.05) is 23.1 Å². The monoisotopic (exact) mass is 489 g/mol. The number of nitrogens with zero attached hydrogens (tertiary/aromatic N) is 1. The Labute approximate surface area is 193 Å². The molecule has 1 aromatic carbocycles. The van der Waals surface area contributed by atoms with Gasteiger partial charge in [-0.1, -0.05) is 47.8 Å². The summed E-state index contributed by atoms with van der Waals surface area (Å²) in [4.78, 5) is 4.91. The molecule has 1 aliphatic rings. The minimum absolute atomic E-state index is 0.180. The Balaban J connectivity index is 1.98. The molecule has 0 bridgehead atoms. The van der Waals surface area contributed by atoms with E-state index in [9.17, 15) is 5.11 Å². The van der Waals surface area contributed by atoms with E-state index in [4.69, 9.17) is 19.2 Å². The SMILES string of the molecule is C=CCOc1cc(Br)c(C(O)c2ccc(OCOC)c(C3CCCCC3)n2)c(C)c1C. The first-order valence-corrected chi connectivity index (χ1v) is 11.6. The van der Waals surface area contributed by atoms with Crippen LogP contribution in [-0.2, 0) is 4.74 Å². The standard InChI is InChI=1S/C25H32BrNO4/c1-5-13-30-22-14-19(26)23(17(3)16(22)2)25(28)20-11-12-21(31-15-29-4)24(27-20)18-9-7-6-8-10-18/h5,11-12,14,18,25,28H,1,6-10,13,15H2,2-4H3. The predicted octanol–water partition coefficient (Wildman–Crippen LogP) is 6.14. The lowest BCUT2D eigenvalue weighted by molar-refractivity contribution is 0.0495. The van der Waals surface area contributed by atoms with Crippen molar-refractivity contribution >= 4 is 15.9 Å². The molecule has 1 aromatic heterocycles. The molecule has 1 heterocycles. The van der Waals surface area contributed by atoms with Crippen LogP contribution >= 0.6 is 15.9 Å². The average molecular weight is 490 g/mol. The number of benzene rings is 1. The Kier molecular flexibility index (Phi) is 8.52. The smallest absolute Gasteiger partial charge is 0.188 e. The minimum Gasteiger partial charge on any atom is -0.489 e. The summed E-state index contributed by atoms with van der Waals surface area (Å²) in [6.45, 7) is 8.32. The van der Waals surface area contributed by atoms with Crippen molar-refractivity contribution in [1.82, 2.24) is 4.98 Å². The Bertz CT molecular complexity index is 909. The van der Waals surface area contributed by atoms with Crippen molar-refractivity contribution in [3.63, 3.8) is 0 Å². The van der Waals surface area contributed by atoms with Gasteiger partial charge in [-0.3, -0.25) is 4.98 Å². The van der Waals surface area contributed by atoms with Crippen LogP contribution in [0.3, 0.4) is 0 Å². The summed E-state index contributed by atoms with van der Waals surface area (Å²) in [5.41, 5.74) is 4.31. The summed E-state index contributed by atoms with van der Waals surface area (Å²) < 4.78 is 17.5. The molecule has 1 saturated carbocycles. The molecule has 1 unspecified atom stereocenters. The third kappa shape index (κ3) is 5.48. The molecular formula is C25H32BrNO4. The second-order valence-corrected chi connectivity index (χ2v) is 8.88. The molecule has 0 aliphatic heterocycles. The van der Waals surface area contributed by atoms with E-state index in [2.05, 4.69) is 22.5 Å².